The lowest BCUT2D eigenvalue weighted by molar-refractivity contribution is 0.0954. The Morgan fingerprint density at radius 3 is 2.76 bits per heavy atom. The van der Waals surface area contributed by atoms with Crippen LogP contribution in [0.1, 0.15) is 21.7 Å². The van der Waals surface area contributed by atoms with Crippen LogP contribution in [0.5, 0.6) is 0 Å². The second-order valence-corrected chi connectivity index (χ2v) is 7.26. The molecule has 9 nitrogen and oxygen atoms in total. The van der Waals surface area contributed by atoms with Gasteiger partial charge in [-0.15, -0.1) is 0 Å². The highest BCUT2D eigenvalue weighted by Gasteiger charge is 2.21. The van der Waals surface area contributed by atoms with Gasteiger partial charge in [0.2, 0.25) is 10.0 Å². The number of hydrogen-bond acceptors (Lipinski definition) is 5. The number of amides is 1. The maximum Gasteiger partial charge on any atom is 0.251 e. The van der Waals surface area contributed by atoms with E-state index in [1.165, 1.54) is 0 Å². The fraction of sp³-hybridized carbons (Fsp3) is 0.267. The fourth-order valence-corrected chi connectivity index (χ4v) is 3.95. The van der Waals surface area contributed by atoms with Crippen molar-refractivity contribution in [1.82, 2.24) is 30.2 Å². The van der Waals surface area contributed by atoms with Crippen molar-refractivity contribution in [2.45, 2.75) is 18.7 Å². The number of nitrogens with one attached hydrogen (secondary N) is 4. The highest BCUT2D eigenvalue weighted by Crippen LogP contribution is 2.15. The van der Waals surface area contributed by atoms with E-state index in [-0.39, 0.29) is 23.9 Å². The minimum absolute atomic E-state index is 0.0738. The highest BCUT2D eigenvalue weighted by atomic mass is 32.2. The molecule has 1 aromatic carbocycles. The number of aryl methyl sites for hydroxylation is 2. The molecule has 1 amide bonds. The molecule has 25 heavy (non-hydrogen) atoms. The number of hydrogen-bond donors (Lipinski definition) is 4. The average molecular weight is 362 g/mol. The van der Waals surface area contributed by atoms with E-state index in [0.717, 1.165) is 11.0 Å². The Labute approximate surface area is 144 Å². The molecule has 0 radical (unpaired) electrons. The Kier molecular flexibility index (Phi) is 4.55. The first-order chi connectivity index (χ1) is 11.9. The van der Waals surface area contributed by atoms with Crippen LogP contribution in [-0.4, -0.2) is 47.6 Å². The first kappa shape index (κ1) is 17.1. The van der Waals surface area contributed by atoms with Gasteiger partial charge in [-0.2, -0.15) is 5.10 Å². The molecule has 0 spiro atoms. The molecule has 4 N–H and O–H groups in total. The lowest BCUT2D eigenvalue weighted by Gasteiger charge is -2.08. The summed E-state index contributed by atoms with van der Waals surface area (Å²) in [7, 11) is -3.67. The van der Waals surface area contributed by atoms with E-state index in [1.807, 2.05) is 0 Å². The summed E-state index contributed by atoms with van der Waals surface area (Å²) < 4.78 is 27.0. The average Bonchev–Trinajstić information content (AvgIpc) is 3.17. The standard InChI is InChI=1S/C15H18N6O3S/c1-9-14(10(2)21-20-9)25(23,24)19-6-5-16-15(22)11-3-4-12-13(7-11)18-8-17-12/h3-4,7-8,19H,5-6H2,1-2H3,(H,16,22)(H,17,18)(H,20,21). The Morgan fingerprint density at radius 1 is 1.24 bits per heavy atom. The Hall–Kier alpha value is -2.72. The van der Waals surface area contributed by atoms with E-state index < -0.39 is 10.0 Å². The molecule has 0 aliphatic rings. The maximum absolute atomic E-state index is 12.3. The van der Waals surface area contributed by atoms with E-state index in [1.54, 1.807) is 38.4 Å². The van der Waals surface area contributed by atoms with Gasteiger partial charge in [0.05, 0.1) is 28.7 Å². The summed E-state index contributed by atoms with van der Waals surface area (Å²) in [5, 5.41) is 9.19. The van der Waals surface area contributed by atoms with Gasteiger partial charge in [-0.25, -0.2) is 18.1 Å². The molecule has 0 aliphatic carbocycles. The molecule has 3 aromatic rings. The molecular weight excluding hydrogens is 344 g/mol. The number of aromatic amines is 2. The van der Waals surface area contributed by atoms with Gasteiger partial charge in [0.25, 0.3) is 5.91 Å². The molecule has 0 aliphatic heterocycles. The zero-order valence-electron chi connectivity index (χ0n) is 13.8. The number of carbonyl (C=O) groups excluding carboxylic acids is 1. The molecule has 3 rings (SSSR count). The molecule has 0 unspecified atom stereocenters. The van der Waals surface area contributed by atoms with Crippen LogP contribution in [0.15, 0.2) is 29.4 Å². The quantitative estimate of drug-likeness (QED) is 0.477. The normalized spacial score (nSPS) is 11.8. The van der Waals surface area contributed by atoms with Gasteiger partial charge in [-0.05, 0) is 32.0 Å². The smallest absolute Gasteiger partial charge is 0.251 e. The monoisotopic (exact) mass is 362 g/mol. The highest BCUT2D eigenvalue weighted by molar-refractivity contribution is 7.89. The van der Waals surface area contributed by atoms with Crippen molar-refractivity contribution < 1.29 is 13.2 Å². The fourth-order valence-electron chi connectivity index (χ4n) is 2.55. The largest absolute Gasteiger partial charge is 0.351 e. The van der Waals surface area contributed by atoms with Crippen LogP contribution in [0.4, 0.5) is 0 Å². The second-order valence-electron chi connectivity index (χ2n) is 5.55. The molecule has 10 heteroatoms. The Morgan fingerprint density at radius 2 is 2.04 bits per heavy atom. The SMILES string of the molecule is Cc1n[nH]c(C)c1S(=O)(=O)NCCNC(=O)c1ccc2nc[nH]c2c1. The molecule has 0 atom stereocenters. The first-order valence-electron chi connectivity index (χ1n) is 7.61. The molecule has 2 heterocycles. The van der Waals surface area contributed by atoms with Crippen LogP contribution in [0.25, 0.3) is 11.0 Å². The number of fused-ring (bicyclic) bond motifs is 1. The van der Waals surface area contributed by atoms with Crippen molar-refractivity contribution in [2.24, 2.45) is 0 Å². The topological polar surface area (TPSA) is 133 Å². The van der Waals surface area contributed by atoms with Gasteiger partial charge in [0, 0.05) is 18.7 Å². The molecule has 132 valence electrons. The van der Waals surface area contributed by atoms with Gasteiger partial charge in [0.1, 0.15) is 4.90 Å². The minimum atomic E-state index is -3.67. The number of carbonyl (C=O) groups is 1. The lowest BCUT2D eigenvalue weighted by atomic mass is 10.2. The van der Waals surface area contributed by atoms with E-state index in [0.29, 0.717) is 17.0 Å². The van der Waals surface area contributed by atoms with E-state index in [2.05, 4.69) is 30.2 Å². The van der Waals surface area contributed by atoms with Gasteiger partial charge in [-0.1, -0.05) is 0 Å². The lowest BCUT2D eigenvalue weighted by Crippen LogP contribution is -2.35. The van der Waals surface area contributed by atoms with Crippen molar-refractivity contribution >= 4 is 27.0 Å². The predicted molar refractivity (Wildman–Crippen MR) is 91.7 cm³/mol. The van der Waals surface area contributed by atoms with Crippen LogP contribution in [-0.2, 0) is 10.0 Å². The molecule has 0 fully saturated rings. The van der Waals surface area contributed by atoms with Crippen molar-refractivity contribution in [3.05, 3.63) is 41.5 Å². The zero-order valence-corrected chi connectivity index (χ0v) is 14.6. The number of rotatable bonds is 6. The molecule has 0 saturated heterocycles. The number of sulfonamides is 1. The van der Waals surface area contributed by atoms with E-state index in [4.69, 9.17) is 0 Å². The van der Waals surface area contributed by atoms with Crippen molar-refractivity contribution in [3.8, 4) is 0 Å². The zero-order chi connectivity index (χ0) is 18.0. The summed E-state index contributed by atoms with van der Waals surface area (Å²) in [5.41, 5.74) is 2.89. The number of H-pyrrole nitrogens is 2. The number of imidazole rings is 1. The van der Waals surface area contributed by atoms with Crippen LogP contribution in [0.2, 0.25) is 0 Å². The third-order valence-corrected chi connectivity index (χ3v) is 5.44. The van der Waals surface area contributed by atoms with Gasteiger partial charge >= 0.3 is 0 Å². The second kappa shape index (κ2) is 6.65. The summed E-state index contributed by atoms with van der Waals surface area (Å²) >= 11 is 0. The number of benzene rings is 1. The van der Waals surface area contributed by atoms with E-state index in [9.17, 15) is 13.2 Å². The summed E-state index contributed by atoms with van der Waals surface area (Å²) in [6.45, 7) is 3.49. The molecule has 0 bridgehead atoms. The molecular formula is C15H18N6O3S. The van der Waals surface area contributed by atoms with Crippen molar-refractivity contribution in [1.29, 1.82) is 0 Å². The maximum atomic E-state index is 12.3. The van der Waals surface area contributed by atoms with Gasteiger partial charge in [-0.3, -0.25) is 9.89 Å². The van der Waals surface area contributed by atoms with E-state index >= 15 is 0 Å². The number of nitrogens with zero attached hydrogens (tertiary/aromatic N) is 2. The molecule has 0 saturated carbocycles. The first-order valence-corrected chi connectivity index (χ1v) is 9.09. The summed E-state index contributed by atoms with van der Waals surface area (Å²) in [6, 6.07) is 5.11. The third-order valence-electron chi connectivity index (χ3n) is 3.71. The Bertz CT molecular complexity index is 1000. The minimum Gasteiger partial charge on any atom is -0.351 e. The van der Waals surface area contributed by atoms with Crippen LogP contribution in [0, 0.1) is 13.8 Å². The van der Waals surface area contributed by atoms with Gasteiger partial charge in [0.15, 0.2) is 0 Å². The summed E-state index contributed by atoms with van der Waals surface area (Å²) in [5.74, 6) is -0.286. The van der Waals surface area contributed by atoms with Crippen molar-refractivity contribution in [3.63, 3.8) is 0 Å². The van der Waals surface area contributed by atoms with Gasteiger partial charge < -0.3 is 10.3 Å². The predicted octanol–water partition coefficient (Wildman–Crippen LogP) is 0.611. The molecule has 2 aromatic heterocycles. The summed E-state index contributed by atoms with van der Waals surface area (Å²) in [6.07, 6.45) is 1.56. The van der Waals surface area contributed by atoms with Crippen LogP contribution < -0.4 is 10.0 Å². The third kappa shape index (κ3) is 3.54. The van der Waals surface area contributed by atoms with Crippen LogP contribution in [0.3, 0.4) is 0 Å². The summed E-state index contributed by atoms with van der Waals surface area (Å²) in [4.78, 5) is 19.3. The van der Waals surface area contributed by atoms with Crippen molar-refractivity contribution in [2.75, 3.05) is 13.1 Å². The Balaban J connectivity index is 1.56. The number of aromatic nitrogens is 4. The van der Waals surface area contributed by atoms with Crippen LogP contribution >= 0.6 is 0 Å².